The molecule has 1 N–H and O–H groups in total. The van der Waals surface area contributed by atoms with E-state index in [0.29, 0.717) is 6.04 Å². The number of aromatic nitrogens is 1. The van der Waals surface area contributed by atoms with Gasteiger partial charge in [0.1, 0.15) is 0 Å². The minimum absolute atomic E-state index is 0.595. The SMILES string of the molecule is C[C@@H]1CNCCN1Cc1cccc2cccnc12. The summed E-state index contributed by atoms with van der Waals surface area (Å²) in [6.07, 6.45) is 1.88. The number of rotatable bonds is 2. The van der Waals surface area contributed by atoms with Gasteiger partial charge in [0.2, 0.25) is 0 Å². The summed E-state index contributed by atoms with van der Waals surface area (Å²) in [7, 11) is 0. The van der Waals surface area contributed by atoms with Crippen LogP contribution < -0.4 is 5.32 Å². The molecule has 2 heterocycles. The van der Waals surface area contributed by atoms with Gasteiger partial charge in [0.15, 0.2) is 0 Å². The maximum Gasteiger partial charge on any atom is 0.0746 e. The van der Waals surface area contributed by atoms with Gasteiger partial charge in [0.05, 0.1) is 5.52 Å². The molecule has 1 aliphatic heterocycles. The number of piperazine rings is 1. The van der Waals surface area contributed by atoms with E-state index in [2.05, 4.69) is 46.4 Å². The molecule has 94 valence electrons. The lowest BCUT2D eigenvalue weighted by atomic mass is 10.1. The van der Waals surface area contributed by atoms with E-state index in [4.69, 9.17) is 0 Å². The molecule has 0 bridgehead atoms. The van der Waals surface area contributed by atoms with Crippen LogP contribution in [-0.4, -0.2) is 35.6 Å². The van der Waals surface area contributed by atoms with Crippen molar-refractivity contribution < 1.29 is 0 Å². The fourth-order valence-electron chi connectivity index (χ4n) is 2.63. The minimum atomic E-state index is 0.595. The molecule has 1 aliphatic rings. The van der Waals surface area contributed by atoms with Gasteiger partial charge in [-0.25, -0.2) is 0 Å². The highest BCUT2D eigenvalue weighted by Gasteiger charge is 2.18. The van der Waals surface area contributed by atoms with E-state index in [1.165, 1.54) is 10.9 Å². The zero-order valence-corrected chi connectivity index (χ0v) is 10.8. The first-order valence-electron chi connectivity index (χ1n) is 6.62. The summed E-state index contributed by atoms with van der Waals surface area (Å²) in [5, 5.41) is 4.66. The van der Waals surface area contributed by atoms with Crippen molar-refractivity contribution in [2.75, 3.05) is 19.6 Å². The third-order valence-corrected chi connectivity index (χ3v) is 3.73. The Labute approximate surface area is 108 Å². The molecule has 0 saturated carbocycles. The number of para-hydroxylation sites is 1. The fourth-order valence-corrected chi connectivity index (χ4v) is 2.63. The zero-order valence-electron chi connectivity index (χ0n) is 10.8. The summed E-state index contributed by atoms with van der Waals surface area (Å²) < 4.78 is 0. The van der Waals surface area contributed by atoms with E-state index in [9.17, 15) is 0 Å². The number of nitrogens with zero attached hydrogens (tertiary/aromatic N) is 2. The van der Waals surface area contributed by atoms with Crippen LogP contribution in [0.5, 0.6) is 0 Å². The molecule has 3 heteroatoms. The van der Waals surface area contributed by atoms with Gasteiger partial charge in [-0.05, 0) is 18.6 Å². The molecule has 1 fully saturated rings. The number of benzene rings is 1. The fraction of sp³-hybridized carbons (Fsp3) is 0.400. The number of fused-ring (bicyclic) bond motifs is 1. The molecule has 0 spiro atoms. The van der Waals surface area contributed by atoms with E-state index >= 15 is 0 Å². The molecule has 0 radical (unpaired) electrons. The molecule has 1 aromatic carbocycles. The first-order chi connectivity index (χ1) is 8.84. The molecule has 0 aliphatic carbocycles. The molecule has 0 unspecified atom stereocenters. The molecule has 0 amide bonds. The van der Waals surface area contributed by atoms with Crippen LogP contribution in [0.3, 0.4) is 0 Å². The third kappa shape index (κ3) is 2.24. The zero-order chi connectivity index (χ0) is 12.4. The van der Waals surface area contributed by atoms with E-state index in [1.54, 1.807) is 0 Å². The Morgan fingerprint density at radius 3 is 3.11 bits per heavy atom. The number of pyridine rings is 1. The van der Waals surface area contributed by atoms with Gasteiger partial charge in [-0.1, -0.05) is 24.3 Å². The normalized spacial score (nSPS) is 21.3. The Morgan fingerprint density at radius 2 is 2.22 bits per heavy atom. The summed E-state index contributed by atoms with van der Waals surface area (Å²) in [5.74, 6) is 0. The number of nitrogens with one attached hydrogen (secondary N) is 1. The second kappa shape index (κ2) is 5.04. The van der Waals surface area contributed by atoms with Crippen molar-refractivity contribution in [2.45, 2.75) is 19.5 Å². The van der Waals surface area contributed by atoms with Gasteiger partial charge in [0.25, 0.3) is 0 Å². The molecule has 3 nitrogen and oxygen atoms in total. The maximum absolute atomic E-state index is 4.53. The van der Waals surface area contributed by atoms with Crippen molar-refractivity contribution in [1.29, 1.82) is 0 Å². The van der Waals surface area contributed by atoms with Crippen molar-refractivity contribution in [1.82, 2.24) is 15.2 Å². The van der Waals surface area contributed by atoms with Crippen LogP contribution in [-0.2, 0) is 6.54 Å². The van der Waals surface area contributed by atoms with Gasteiger partial charge in [-0.3, -0.25) is 9.88 Å². The Morgan fingerprint density at radius 1 is 1.33 bits per heavy atom. The first kappa shape index (κ1) is 11.6. The third-order valence-electron chi connectivity index (χ3n) is 3.73. The van der Waals surface area contributed by atoms with Crippen molar-refractivity contribution in [3.05, 3.63) is 42.1 Å². The second-order valence-electron chi connectivity index (χ2n) is 5.02. The average molecular weight is 241 g/mol. The molecule has 3 rings (SSSR count). The smallest absolute Gasteiger partial charge is 0.0746 e. The molecule has 1 saturated heterocycles. The topological polar surface area (TPSA) is 28.2 Å². The highest BCUT2D eigenvalue weighted by atomic mass is 15.2. The summed E-state index contributed by atoms with van der Waals surface area (Å²) in [4.78, 5) is 7.06. The van der Waals surface area contributed by atoms with E-state index in [-0.39, 0.29) is 0 Å². The van der Waals surface area contributed by atoms with Crippen molar-refractivity contribution in [3.8, 4) is 0 Å². The summed E-state index contributed by atoms with van der Waals surface area (Å²) in [5.41, 5.74) is 2.48. The molecule has 2 aromatic rings. The van der Waals surface area contributed by atoms with Gasteiger partial charge in [-0.15, -0.1) is 0 Å². The Hall–Kier alpha value is -1.45. The van der Waals surface area contributed by atoms with Crippen LogP contribution in [0.15, 0.2) is 36.5 Å². The first-order valence-corrected chi connectivity index (χ1v) is 6.62. The summed E-state index contributed by atoms with van der Waals surface area (Å²) >= 11 is 0. The minimum Gasteiger partial charge on any atom is -0.314 e. The Balaban J connectivity index is 1.90. The van der Waals surface area contributed by atoms with Gasteiger partial charge < -0.3 is 5.32 Å². The molecule has 1 aromatic heterocycles. The lowest BCUT2D eigenvalue weighted by Gasteiger charge is -2.34. The van der Waals surface area contributed by atoms with Crippen LogP contribution in [0, 0.1) is 0 Å². The highest BCUT2D eigenvalue weighted by molar-refractivity contribution is 5.81. The summed E-state index contributed by atoms with van der Waals surface area (Å²) in [6.45, 7) is 6.56. The lowest BCUT2D eigenvalue weighted by molar-refractivity contribution is 0.166. The van der Waals surface area contributed by atoms with E-state index in [0.717, 1.165) is 31.7 Å². The van der Waals surface area contributed by atoms with Crippen LogP contribution in [0.4, 0.5) is 0 Å². The van der Waals surface area contributed by atoms with Gasteiger partial charge >= 0.3 is 0 Å². The standard InChI is InChI=1S/C15H19N3/c1-12-10-16-8-9-18(12)11-14-5-2-4-13-6-3-7-17-15(13)14/h2-7,12,16H,8-11H2,1H3/t12-/m1/s1. The second-order valence-corrected chi connectivity index (χ2v) is 5.02. The van der Waals surface area contributed by atoms with Crippen molar-refractivity contribution in [2.24, 2.45) is 0 Å². The molecular formula is C15H19N3. The maximum atomic E-state index is 4.53. The van der Waals surface area contributed by atoms with Gasteiger partial charge in [0, 0.05) is 43.8 Å². The van der Waals surface area contributed by atoms with Crippen molar-refractivity contribution in [3.63, 3.8) is 0 Å². The monoisotopic (exact) mass is 241 g/mol. The van der Waals surface area contributed by atoms with E-state index < -0.39 is 0 Å². The number of hydrogen-bond acceptors (Lipinski definition) is 3. The predicted octanol–water partition coefficient (Wildman–Crippen LogP) is 2.03. The molecule has 18 heavy (non-hydrogen) atoms. The average Bonchev–Trinajstić information content (AvgIpc) is 2.42. The Bertz CT molecular complexity index is 533. The predicted molar refractivity (Wildman–Crippen MR) is 74.5 cm³/mol. The van der Waals surface area contributed by atoms with Crippen LogP contribution in [0.2, 0.25) is 0 Å². The van der Waals surface area contributed by atoms with Crippen molar-refractivity contribution >= 4 is 10.9 Å². The highest BCUT2D eigenvalue weighted by Crippen LogP contribution is 2.19. The largest absolute Gasteiger partial charge is 0.314 e. The lowest BCUT2D eigenvalue weighted by Crippen LogP contribution is -2.49. The number of hydrogen-bond donors (Lipinski definition) is 1. The Kier molecular flexibility index (Phi) is 3.26. The summed E-state index contributed by atoms with van der Waals surface area (Å²) in [6, 6.07) is 11.2. The molecular weight excluding hydrogens is 222 g/mol. The van der Waals surface area contributed by atoms with Crippen LogP contribution in [0.1, 0.15) is 12.5 Å². The van der Waals surface area contributed by atoms with Crippen LogP contribution in [0.25, 0.3) is 10.9 Å². The quantitative estimate of drug-likeness (QED) is 0.872. The van der Waals surface area contributed by atoms with E-state index in [1.807, 2.05) is 12.3 Å². The van der Waals surface area contributed by atoms with Crippen LogP contribution >= 0.6 is 0 Å². The molecule has 1 atom stereocenters. The van der Waals surface area contributed by atoms with Gasteiger partial charge in [-0.2, -0.15) is 0 Å².